The molecule has 0 aliphatic carbocycles. The van der Waals surface area contributed by atoms with Crippen molar-refractivity contribution in [1.82, 2.24) is 14.5 Å². The van der Waals surface area contributed by atoms with Crippen molar-refractivity contribution < 1.29 is 8.78 Å². The minimum Gasteiger partial charge on any atom is -0.326 e. The SMILES string of the molecule is Cc1cc2c(cn1)nc1n2C[C@H](N)C(c2cc(F)ccc2F)C1. The number of halogens is 2. The molecule has 0 fully saturated rings. The average Bonchev–Trinajstić information content (AvgIpc) is 2.86. The van der Waals surface area contributed by atoms with E-state index in [-0.39, 0.29) is 12.0 Å². The summed E-state index contributed by atoms with van der Waals surface area (Å²) in [6.45, 7) is 2.45. The van der Waals surface area contributed by atoms with Gasteiger partial charge in [0.05, 0.1) is 11.7 Å². The predicted octanol–water partition coefficient (Wildman–Crippen LogP) is 2.69. The van der Waals surface area contributed by atoms with Gasteiger partial charge in [-0.1, -0.05) is 0 Å². The third kappa shape index (κ3) is 2.30. The summed E-state index contributed by atoms with van der Waals surface area (Å²) in [6, 6.07) is 5.19. The maximum Gasteiger partial charge on any atom is 0.126 e. The van der Waals surface area contributed by atoms with Crippen LogP contribution in [0.15, 0.2) is 30.5 Å². The Morgan fingerprint density at radius 2 is 2.09 bits per heavy atom. The van der Waals surface area contributed by atoms with Gasteiger partial charge in [0.15, 0.2) is 0 Å². The van der Waals surface area contributed by atoms with E-state index in [1.165, 1.54) is 6.07 Å². The van der Waals surface area contributed by atoms with E-state index < -0.39 is 11.6 Å². The number of aryl methyl sites for hydroxylation is 1. The molecule has 4 rings (SSSR count). The van der Waals surface area contributed by atoms with E-state index in [1.54, 1.807) is 6.20 Å². The zero-order valence-electron chi connectivity index (χ0n) is 12.6. The molecular weight excluding hydrogens is 298 g/mol. The second kappa shape index (κ2) is 5.09. The Morgan fingerprint density at radius 3 is 2.91 bits per heavy atom. The largest absolute Gasteiger partial charge is 0.326 e. The van der Waals surface area contributed by atoms with Crippen molar-refractivity contribution >= 4 is 11.0 Å². The Bertz CT molecular complexity index is 903. The van der Waals surface area contributed by atoms with E-state index in [1.807, 2.05) is 13.0 Å². The summed E-state index contributed by atoms with van der Waals surface area (Å²) in [6.07, 6.45) is 2.22. The lowest BCUT2D eigenvalue weighted by atomic mass is 9.86. The Hall–Kier alpha value is -2.34. The Labute approximate surface area is 132 Å². The van der Waals surface area contributed by atoms with Crippen LogP contribution in [-0.2, 0) is 13.0 Å². The van der Waals surface area contributed by atoms with Crippen LogP contribution >= 0.6 is 0 Å². The van der Waals surface area contributed by atoms with Gasteiger partial charge in [-0.2, -0.15) is 0 Å². The van der Waals surface area contributed by atoms with Crippen LogP contribution in [0.5, 0.6) is 0 Å². The maximum atomic E-state index is 14.1. The van der Waals surface area contributed by atoms with Gasteiger partial charge in [0.25, 0.3) is 0 Å². The summed E-state index contributed by atoms with van der Waals surface area (Å²) >= 11 is 0. The maximum absolute atomic E-state index is 14.1. The molecule has 1 aliphatic heterocycles. The van der Waals surface area contributed by atoms with Crippen LogP contribution < -0.4 is 5.73 Å². The Kier molecular flexibility index (Phi) is 3.16. The number of imidazole rings is 1. The third-order valence-corrected chi connectivity index (χ3v) is 4.52. The molecule has 3 heterocycles. The van der Waals surface area contributed by atoms with Crippen LogP contribution in [0.1, 0.15) is 23.0 Å². The van der Waals surface area contributed by atoms with E-state index >= 15 is 0 Å². The van der Waals surface area contributed by atoms with Gasteiger partial charge in [0.2, 0.25) is 0 Å². The van der Waals surface area contributed by atoms with Crippen LogP contribution in [0.3, 0.4) is 0 Å². The molecule has 0 amide bonds. The highest BCUT2D eigenvalue weighted by atomic mass is 19.1. The van der Waals surface area contributed by atoms with Crippen LogP contribution in [0.2, 0.25) is 0 Å². The van der Waals surface area contributed by atoms with Gasteiger partial charge in [-0.25, -0.2) is 13.8 Å². The normalized spacial score (nSPS) is 20.7. The van der Waals surface area contributed by atoms with Gasteiger partial charge in [-0.3, -0.25) is 4.98 Å². The first-order valence-corrected chi connectivity index (χ1v) is 7.55. The van der Waals surface area contributed by atoms with Gasteiger partial charge in [0, 0.05) is 30.6 Å². The molecule has 0 bridgehead atoms. The number of benzene rings is 1. The highest BCUT2D eigenvalue weighted by Gasteiger charge is 2.31. The third-order valence-electron chi connectivity index (χ3n) is 4.52. The molecule has 6 heteroatoms. The number of aromatic nitrogens is 3. The van der Waals surface area contributed by atoms with E-state index in [4.69, 9.17) is 5.73 Å². The average molecular weight is 314 g/mol. The van der Waals surface area contributed by atoms with Crippen molar-refractivity contribution in [2.45, 2.75) is 31.8 Å². The van der Waals surface area contributed by atoms with Crippen molar-refractivity contribution in [3.63, 3.8) is 0 Å². The van der Waals surface area contributed by atoms with Gasteiger partial charge in [-0.15, -0.1) is 0 Å². The quantitative estimate of drug-likeness (QED) is 0.751. The lowest BCUT2D eigenvalue weighted by Gasteiger charge is -2.30. The topological polar surface area (TPSA) is 56.7 Å². The van der Waals surface area contributed by atoms with Crippen LogP contribution in [0, 0.1) is 18.6 Å². The summed E-state index contributed by atoms with van der Waals surface area (Å²) in [4.78, 5) is 8.84. The summed E-state index contributed by atoms with van der Waals surface area (Å²) in [5.41, 5.74) is 9.30. The number of pyridine rings is 1. The Balaban J connectivity index is 1.80. The standard InChI is InChI=1S/C17H16F2N4/c1-9-4-16-15(7-21-9)22-17-6-12(14(20)8-23(16)17)11-5-10(18)2-3-13(11)19/h2-5,7,12,14H,6,8,20H2,1H3/t12?,14-/m0/s1. The molecule has 0 radical (unpaired) electrons. The van der Waals surface area contributed by atoms with E-state index in [0.29, 0.717) is 18.5 Å². The fraction of sp³-hybridized carbons (Fsp3) is 0.294. The molecule has 0 saturated carbocycles. The second-order valence-corrected chi connectivity index (χ2v) is 6.09. The molecule has 2 atom stereocenters. The van der Waals surface area contributed by atoms with Gasteiger partial charge < -0.3 is 10.3 Å². The molecule has 2 N–H and O–H groups in total. The smallest absolute Gasteiger partial charge is 0.126 e. The first-order chi connectivity index (χ1) is 11.0. The lowest BCUT2D eigenvalue weighted by molar-refractivity contribution is 0.395. The zero-order valence-corrected chi connectivity index (χ0v) is 12.6. The molecule has 4 nitrogen and oxygen atoms in total. The number of fused-ring (bicyclic) bond motifs is 3. The Morgan fingerprint density at radius 1 is 1.26 bits per heavy atom. The van der Waals surface area contributed by atoms with Crippen molar-refractivity contribution in [3.05, 3.63) is 59.2 Å². The molecule has 0 spiro atoms. The lowest BCUT2D eigenvalue weighted by Crippen LogP contribution is -2.39. The summed E-state index contributed by atoms with van der Waals surface area (Å²) < 4.78 is 29.7. The highest BCUT2D eigenvalue weighted by Crippen LogP contribution is 2.32. The molecule has 23 heavy (non-hydrogen) atoms. The molecular formula is C17H16F2N4. The van der Waals surface area contributed by atoms with Crippen LogP contribution in [0.4, 0.5) is 8.78 Å². The van der Waals surface area contributed by atoms with Gasteiger partial charge >= 0.3 is 0 Å². The monoisotopic (exact) mass is 314 g/mol. The van der Waals surface area contributed by atoms with Crippen molar-refractivity contribution in [2.24, 2.45) is 5.73 Å². The summed E-state index contributed by atoms with van der Waals surface area (Å²) in [7, 11) is 0. The molecule has 1 aliphatic rings. The van der Waals surface area contributed by atoms with Crippen molar-refractivity contribution in [3.8, 4) is 0 Å². The van der Waals surface area contributed by atoms with Crippen LogP contribution in [-0.4, -0.2) is 20.6 Å². The first-order valence-electron chi connectivity index (χ1n) is 7.55. The van der Waals surface area contributed by atoms with E-state index in [9.17, 15) is 8.78 Å². The summed E-state index contributed by atoms with van der Waals surface area (Å²) in [5.74, 6) is -0.326. The van der Waals surface area contributed by atoms with Crippen molar-refractivity contribution in [2.75, 3.05) is 0 Å². The minimum atomic E-state index is -0.451. The molecule has 1 aromatic carbocycles. The zero-order chi connectivity index (χ0) is 16.1. The fourth-order valence-electron chi connectivity index (χ4n) is 3.36. The predicted molar refractivity (Wildman–Crippen MR) is 83.0 cm³/mol. The fourth-order valence-corrected chi connectivity index (χ4v) is 3.36. The van der Waals surface area contributed by atoms with Gasteiger partial charge in [0.1, 0.15) is 23.0 Å². The summed E-state index contributed by atoms with van der Waals surface area (Å²) in [5, 5.41) is 0. The van der Waals surface area contributed by atoms with E-state index in [0.717, 1.165) is 34.7 Å². The minimum absolute atomic E-state index is 0.288. The molecule has 2 aromatic heterocycles. The number of nitrogens with two attached hydrogens (primary N) is 1. The molecule has 118 valence electrons. The highest BCUT2D eigenvalue weighted by molar-refractivity contribution is 5.75. The first kappa shape index (κ1) is 14.3. The number of rotatable bonds is 1. The molecule has 0 saturated heterocycles. The van der Waals surface area contributed by atoms with Crippen molar-refractivity contribution in [1.29, 1.82) is 0 Å². The number of hydrogen-bond acceptors (Lipinski definition) is 3. The van der Waals surface area contributed by atoms with Crippen LogP contribution in [0.25, 0.3) is 11.0 Å². The van der Waals surface area contributed by atoms with Gasteiger partial charge in [-0.05, 0) is 36.8 Å². The number of hydrogen-bond donors (Lipinski definition) is 1. The molecule has 1 unspecified atom stereocenters. The number of nitrogens with zero attached hydrogens (tertiary/aromatic N) is 3. The van der Waals surface area contributed by atoms with E-state index in [2.05, 4.69) is 14.5 Å². The second-order valence-electron chi connectivity index (χ2n) is 6.09. The molecule has 3 aromatic rings.